The van der Waals surface area contributed by atoms with Crippen molar-refractivity contribution in [2.75, 3.05) is 0 Å². The standard InChI is InChI=1S/C5H9N2P/c1-4-5(8)3-7(2)6-4/h3H,8H2,1-2H3. The summed E-state index contributed by atoms with van der Waals surface area (Å²) in [7, 11) is 4.54. The minimum absolute atomic E-state index is 1.08. The molecule has 2 nitrogen and oxygen atoms in total. The number of aromatic nitrogens is 2. The second-order valence-corrected chi connectivity index (χ2v) is 2.47. The van der Waals surface area contributed by atoms with Gasteiger partial charge < -0.3 is 0 Å². The van der Waals surface area contributed by atoms with Gasteiger partial charge in [-0.3, -0.25) is 4.68 Å². The minimum Gasteiger partial charge on any atom is -0.275 e. The van der Waals surface area contributed by atoms with Crippen molar-refractivity contribution in [2.24, 2.45) is 7.05 Å². The second-order valence-electron chi connectivity index (χ2n) is 1.84. The van der Waals surface area contributed by atoms with E-state index in [1.807, 2.05) is 20.2 Å². The number of hydrogen-bond acceptors (Lipinski definition) is 1. The van der Waals surface area contributed by atoms with Gasteiger partial charge in [-0.15, -0.1) is 9.24 Å². The maximum Gasteiger partial charge on any atom is 0.0664 e. The van der Waals surface area contributed by atoms with Crippen LogP contribution in [0, 0.1) is 6.92 Å². The van der Waals surface area contributed by atoms with Gasteiger partial charge in [0.05, 0.1) is 5.69 Å². The van der Waals surface area contributed by atoms with Crippen LogP contribution in [0.4, 0.5) is 0 Å². The van der Waals surface area contributed by atoms with Crippen molar-refractivity contribution in [1.82, 2.24) is 9.78 Å². The molecule has 0 saturated carbocycles. The molecule has 1 atom stereocenters. The van der Waals surface area contributed by atoms with Crippen molar-refractivity contribution in [1.29, 1.82) is 0 Å². The molecule has 0 amide bonds. The molecular weight excluding hydrogens is 119 g/mol. The van der Waals surface area contributed by atoms with E-state index in [9.17, 15) is 0 Å². The van der Waals surface area contributed by atoms with Crippen LogP contribution in [-0.4, -0.2) is 9.78 Å². The molecule has 0 aliphatic rings. The molecule has 0 radical (unpaired) electrons. The monoisotopic (exact) mass is 128 g/mol. The summed E-state index contributed by atoms with van der Waals surface area (Å²) in [4.78, 5) is 0. The SMILES string of the molecule is Cc1nn(C)cc1P. The van der Waals surface area contributed by atoms with Gasteiger partial charge in [0.25, 0.3) is 0 Å². The number of rotatable bonds is 0. The third-order valence-corrected chi connectivity index (χ3v) is 1.62. The molecule has 0 N–H and O–H groups in total. The highest BCUT2D eigenvalue weighted by atomic mass is 31.0. The van der Waals surface area contributed by atoms with Gasteiger partial charge in [0.2, 0.25) is 0 Å². The van der Waals surface area contributed by atoms with Crippen LogP contribution in [0.1, 0.15) is 5.69 Å². The van der Waals surface area contributed by atoms with E-state index in [0.717, 1.165) is 5.69 Å². The van der Waals surface area contributed by atoms with Crippen LogP contribution >= 0.6 is 9.24 Å². The lowest BCUT2D eigenvalue weighted by Crippen LogP contribution is -1.87. The van der Waals surface area contributed by atoms with Gasteiger partial charge >= 0.3 is 0 Å². The van der Waals surface area contributed by atoms with Gasteiger partial charge in [0, 0.05) is 18.5 Å². The maximum absolute atomic E-state index is 4.11. The van der Waals surface area contributed by atoms with Crippen molar-refractivity contribution in [3.8, 4) is 0 Å². The Bertz CT molecular complexity index is 173. The van der Waals surface area contributed by atoms with Crippen LogP contribution in [0.2, 0.25) is 0 Å². The van der Waals surface area contributed by atoms with Crippen LogP contribution in [0.15, 0.2) is 6.20 Å². The van der Waals surface area contributed by atoms with E-state index in [4.69, 9.17) is 0 Å². The largest absolute Gasteiger partial charge is 0.275 e. The van der Waals surface area contributed by atoms with E-state index in [-0.39, 0.29) is 0 Å². The fourth-order valence-corrected chi connectivity index (χ4v) is 0.891. The molecule has 1 aromatic rings. The van der Waals surface area contributed by atoms with Crippen molar-refractivity contribution < 1.29 is 0 Å². The van der Waals surface area contributed by atoms with Gasteiger partial charge in [-0.05, 0) is 6.92 Å². The Morgan fingerprint density at radius 1 is 1.75 bits per heavy atom. The minimum atomic E-state index is 1.08. The van der Waals surface area contributed by atoms with Crippen LogP contribution in [0.5, 0.6) is 0 Å². The zero-order valence-electron chi connectivity index (χ0n) is 5.05. The topological polar surface area (TPSA) is 17.8 Å². The Morgan fingerprint density at radius 3 is 2.50 bits per heavy atom. The zero-order chi connectivity index (χ0) is 6.15. The van der Waals surface area contributed by atoms with Crippen molar-refractivity contribution in [3.63, 3.8) is 0 Å². The quantitative estimate of drug-likeness (QED) is 0.457. The molecule has 0 fully saturated rings. The highest BCUT2D eigenvalue weighted by Crippen LogP contribution is 1.92. The molecule has 1 rings (SSSR count). The van der Waals surface area contributed by atoms with E-state index in [1.54, 1.807) is 4.68 Å². The molecule has 1 heterocycles. The first kappa shape index (κ1) is 5.77. The number of hydrogen-bond donors (Lipinski definition) is 0. The average molecular weight is 128 g/mol. The van der Waals surface area contributed by atoms with Gasteiger partial charge in [0.15, 0.2) is 0 Å². The fraction of sp³-hybridized carbons (Fsp3) is 0.400. The molecule has 0 aliphatic heterocycles. The lowest BCUT2D eigenvalue weighted by Gasteiger charge is -1.79. The second kappa shape index (κ2) is 1.87. The average Bonchev–Trinajstić information content (AvgIpc) is 1.85. The first-order valence-electron chi connectivity index (χ1n) is 2.46. The van der Waals surface area contributed by atoms with E-state index in [1.165, 1.54) is 5.30 Å². The first-order chi connectivity index (χ1) is 3.70. The highest BCUT2D eigenvalue weighted by Gasteiger charge is 1.92. The first-order valence-corrected chi connectivity index (χ1v) is 3.03. The predicted molar refractivity (Wildman–Crippen MR) is 37.3 cm³/mol. The van der Waals surface area contributed by atoms with Crippen molar-refractivity contribution >= 4 is 14.5 Å². The summed E-state index contributed by atoms with van der Waals surface area (Å²) >= 11 is 0. The molecule has 0 saturated heterocycles. The third kappa shape index (κ3) is 0.896. The summed E-state index contributed by atoms with van der Waals surface area (Å²) in [6.45, 7) is 1.99. The van der Waals surface area contributed by atoms with Crippen LogP contribution in [0.3, 0.4) is 0 Å². The maximum atomic E-state index is 4.11. The summed E-state index contributed by atoms with van der Waals surface area (Å²) in [5, 5.41) is 5.28. The van der Waals surface area contributed by atoms with E-state index < -0.39 is 0 Å². The summed E-state index contributed by atoms with van der Waals surface area (Å²) in [5.74, 6) is 0. The van der Waals surface area contributed by atoms with Crippen LogP contribution < -0.4 is 5.30 Å². The smallest absolute Gasteiger partial charge is 0.0664 e. The Labute approximate surface area is 51.1 Å². The van der Waals surface area contributed by atoms with Gasteiger partial charge in [0.1, 0.15) is 0 Å². The Balaban J connectivity index is 3.14. The predicted octanol–water partition coefficient (Wildman–Crippen LogP) is 0.229. The lowest BCUT2D eigenvalue weighted by molar-refractivity contribution is 0.756. The van der Waals surface area contributed by atoms with Gasteiger partial charge in [-0.2, -0.15) is 5.10 Å². The van der Waals surface area contributed by atoms with Crippen molar-refractivity contribution in [3.05, 3.63) is 11.9 Å². The molecule has 1 unspecified atom stereocenters. The van der Waals surface area contributed by atoms with Gasteiger partial charge in [-0.25, -0.2) is 0 Å². The van der Waals surface area contributed by atoms with Crippen LogP contribution in [-0.2, 0) is 7.05 Å². The Morgan fingerprint density at radius 2 is 2.38 bits per heavy atom. The lowest BCUT2D eigenvalue weighted by atomic mass is 10.5. The number of aryl methyl sites for hydroxylation is 2. The highest BCUT2D eigenvalue weighted by molar-refractivity contribution is 7.27. The number of nitrogens with zero attached hydrogens (tertiary/aromatic N) is 2. The molecule has 3 heteroatoms. The zero-order valence-corrected chi connectivity index (χ0v) is 6.20. The van der Waals surface area contributed by atoms with E-state index >= 15 is 0 Å². The summed E-state index contributed by atoms with van der Waals surface area (Å²) in [5.41, 5.74) is 1.08. The summed E-state index contributed by atoms with van der Waals surface area (Å²) in [6.07, 6.45) is 1.97. The van der Waals surface area contributed by atoms with E-state index in [2.05, 4.69) is 14.3 Å². The summed E-state index contributed by atoms with van der Waals surface area (Å²) < 4.78 is 1.80. The summed E-state index contributed by atoms with van der Waals surface area (Å²) in [6, 6.07) is 0. The molecule has 8 heavy (non-hydrogen) atoms. The van der Waals surface area contributed by atoms with Crippen LogP contribution in [0.25, 0.3) is 0 Å². The Hall–Kier alpha value is -0.360. The molecule has 0 spiro atoms. The normalized spacial score (nSPS) is 9.88. The third-order valence-electron chi connectivity index (χ3n) is 1.05. The fourth-order valence-electron chi connectivity index (χ4n) is 0.618. The molecular formula is C5H9N2P. The Kier molecular flexibility index (Phi) is 1.35. The van der Waals surface area contributed by atoms with Gasteiger partial charge in [-0.1, -0.05) is 0 Å². The molecule has 1 aromatic heterocycles. The van der Waals surface area contributed by atoms with E-state index in [0.29, 0.717) is 0 Å². The molecule has 44 valence electrons. The molecule has 0 aromatic carbocycles. The molecule has 0 bridgehead atoms. The molecule has 0 aliphatic carbocycles. The van der Waals surface area contributed by atoms with Crippen molar-refractivity contribution in [2.45, 2.75) is 6.92 Å².